The van der Waals surface area contributed by atoms with Crippen molar-refractivity contribution >= 4 is 35.1 Å². The average molecular weight is 358 g/mol. The summed E-state index contributed by atoms with van der Waals surface area (Å²) in [5.41, 5.74) is 10.0. The molecule has 0 spiro atoms. The molecule has 3 rings (SSSR count). The molecule has 0 atom stereocenters. The molecule has 2 aromatic rings. The molecule has 0 aliphatic carbocycles. The number of benzodiazepines with no additional fused rings is 1. The molecule has 0 unspecified atom stereocenters. The molecule has 1 aliphatic heterocycles. The quantitative estimate of drug-likeness (QED) is 0.856. The highest BCUT2D eigenvalue weighted by Gasteiger charge is 2.21. The number of nitrogen functional groups attached to an aromatic ring is 1. The highest BCUT2D eigenvalue weighted by molar-refractivity contribution is 6.32. The Hall–Kier alpha value is -2.53. The number of nitrogens with two attached hydrogens (primary N) is 1. The van der Waals surface area contributed by atoms with E-state index in [0.29, 0.717) is 29.5 Å². The summed E-state index contributed by atoms with van der Waals surface area (Å²) in [7, 11) is 0. The van der Waals surface area contributed by atoms with E-state index in [1.54, 1.807) is 17.2 Å². The van der Waals surface area contributed by atoms with Gasteiger partial charge in [0.15, 0.2) is 6.61 Å². The van der Waals surface area contributed by atoms with Crippen molar-refractivity contribution in [3.8, 4) is 5.75 Å². The van der Waals surface area contributed by atoms with Gasteiger partial charge in [-0.3, -0.25) is 9.79 Å². The summed E-state index contributed by atoms with van der Waals surface area (Å²) in [6.45, 7) is 4.82. The van der Waals surface area contributed by atoms with Crippen molar-refractivity contribution < 1.29 is 9.53 Å². The summed E-state index contributed by atoms with van der Waals surface area (Å²) < 4.78 is 5.73. The van der Waals surface area contributed by atoms with E-state index in [1.165, 1.54) is 0 Å². The summed E-state index contributed by atoms with van der Waals surface area (Å²) in [5.74, 6) is 0.400. The molecule has 6 heteroatoms. The van der Waals surface area contributed by atoms with Crippen LogP contribution in [0.4, 0.5) is 11.4 Å². The smallest absolute Gasteiger partial charge is 0.264 e. The van der Waals surface area contributed by atoms with Gasteiger partial charge in [-0.25, -0.2) is 0 Å². The van der Waals surface area contributed by atoms with Crippen molar-refractivity contribution in [2.75, 3.05) is 30.3 Å². The maximum atomic E-state index is 12.7. The van der Waals surface area contributed by atoms with Gasteiger partial charge in [-0.1, -0.05) is 17.7 Å². The zero-order valence-electron chi connectivity index (χ0n) is 14.3. The number of nitrogens with zero attached hydrogens (tertiary/aromatic N) is 2. The Morgan fingerprint density at radius 1 is 1.32 bits per heavy atom. The molecule has 1 heterocycles. The van der Waals surface area contributed by atoms with Gasteiger partial charge in [0.2, 0.25) is 0 Å². The molecule has 5 nitrogen and oxygen atoms in total. The second-order valence-electron chi connectivity index (χ2n) is 6.08. The first-order valence-corrected chi connectivity index (χ1v) is 8.43. The van der Waals surface area contributed by atoms with Gasteiger partial charge >= 0.3 is 0 Å². The molecule has 25 heavy (non-hydrogen) atoms. The molecule has 2 aromatic carbocycles. The van der Waals surface area contributed by atoms with Crippen LogP contribution in [-0.2, 0) is 4.79 Å². The van der Waals surface area contributed by atoms with E-state index in [4.69, 9.17) is 22.1 Å². The van der Waals surface area contributed by atoms with E-state index < -0.39 is 0 Å². The van der Waals surface area contributed by atoms with E-state index in [1.807, 2.05) is 38.1 Å². The molecule has 0 fully saturated rings. The third kappa shape index (κ3) is 3.77. The van der Waals surface area contributed by atoms with Crippen molar-refractivity contribution in [1.29, 1.82) is 0 Å². The number of carbonyl (C=O) groups excluding carboxylic acids is 1. The largest absolute Gasteiger partial charge is 0.482 e. The first-order valence-electron chi connectivity index (χ1n) is 8.05. The van der Waals surface area contributed by atoms with Gasteiger partial charge in [0, 0.05) is 24.0 Å². The number of aliphatic imine (C=N–C) groups is 1. The number of hydrogen-bond donors (Lipinski definition) is 1. The highest BCUT2D eigenvalue weighted by atomic mass is 35.5. The van der Waals surface area contributed by atoms with Gasteiger partial charge in [0.1, 0.15) is 5.75 Å². The molecule has 1 amide bonds. The molecule has 130 valence electrons. The number of halogens is 1. The van der Waals surface area contributed by atoms with Crippen LogP contribution >= 0.6 is 11.6 Å². The Morgan fingerprint density at radius 2 is 2.12 bits per heavy atom. The van der Waals surface area contributed by atoms with E-state index >= 15 is 0 Å². The number of aryl methyl sites for hydroxylation is 2. The van der Waals surface area contributed by atoms with Crippen molar-refractivity contribution in [3.05, 3.63) is 52.0 Å². The minimum Gasteiger partial charge on any atom is -0.482 e. The number of amides is 1. The number of hydrogen-bond acceptors (Lipinski definition) is 4. The van der Waals surface area contributed by atoms with Gasteiger partial charge in [-0.2, -0.15) is 0 Å². The summed E-state index contributed by atoms with van der Waals surface area (Å²) in [4.78, 5) is 18.7. The third-order valence-electron chi connectivity index (χ3n) is 4.04. The van der Waals surface area contributed by atoms with Crippen LogP contribution in [0.25, 0.3) is 0 Å². The van der Waals surface area contributed by atoms with Gasteiger partial charge in [0.05, 0.1) is 17.3 Å². The normalized spacial score (nSPS) is 13.3. The molecular weight excluding hydrogens is 338 g/mol. The fraction of sp³-hybridized carbons (Fsp3) is 0.263. The van der Waals surface area contributed by atoms with Crippen molar-refractivity contribution in [1.82, 2.24) is 0 Å². The van der Waals surface area contributed by atoms with Crippen LogP contribution in [-0.4, -0.2) is 31.8 Å². The maximum Gasteiger partial charge on any atom is 0.264 e. The highest BCUT2D eigenvalue weighted by Crippen LogP contribution is 2.30. The first-order chi connectivity index (χ1) is 12.0. The number of benzene rings is 2. The minimum atomic E-state index is -0.146. The Bertz CT molecular complexity index is 826. The lowest BCUT2D eigenvalue weighted by molar-refractivity contribution is -0.120. The minimum absolute atomic E-state index is 0.0898. The number of carbonyl (C=O) groups is 1. The van der Waals surface area contributed by atoms with Crippen LogP contribution in [0.3, 0.4) is 0 Å². The SMILES string of the molecule is Cc1cc(C)c(OCC(=O)N2CCN=Cc3cc(N)ccc32)c(Cl)c1. The van der Waals surface area contributed by atoms with Crippen LogP contribution in [0.1, 0.15) is 16.7 Å². The van der Waals surface area contributed by atoms with Gasteiger partial charge in [0.25, 0.3) is 5.91 Å². The van der Waals surface area contributed by atoms with E-state index in [9.17, 15) is 4.79 Å². The predicted molar refractivity (Wildman–Crippen MR) is 102 cm³/mol. The lowest BCUT2D eigenvalue weighted by atomic mass is 10.1. The fourth-order valence-electron chi connectivity index (χ4n) is 2.92. The Kier molecular flexibility index (Phi) is 4.95. The summed E-state index contributed by atoms with van der Waals surface area (Å²) >= 11 is 6.24. The molecule has 0 saturated heterocycles. The standard InChI is InChI=1S/C19H20ClN3O2/c1-12-7-13(2)19(16(20)8-12)25-11-18(24)23-6-5-22-10-14-9-15(21)3-4-17(14)23/h3-4,7-10H,5-6,11,21H2,1-2H3. The molecular formula is C19H20ClN3O2. The Labute approximate surface area is 152 Å². The topological polar surface area (TPSA) is 67.9 Å². The first kappa shape index (κ1) is 17.3. The Balaban J connectivity index is 1.79. The molecule has 0 bridgehead atoms. The molecule has 2 N–H and O–H groups in total. The number of rotatable bonds is 3. The molecule has 0 aromatic heterocycles. The predicted octanol–water partition coefficient (Wildman–Crippen LogP) is 3.38. The van der Waals surface area contributed by atoms with Crippen LogP contribution in [0.2, 0.25) is 5.02 Å². The summed E-state index contributed by atoms with van der Waals surface area (Å²) in [6.07, 6.45) is 1.75. The molecule has 1 aliphatic rings. The second kappa shape index (κ2) is 7.15. The van der Waals surface area contributed by atoms with Crippen LogP contribution in [0, 0.1) is 13.8 Å². The van der Waals surface area contributed by atoms with E-state index in [2.05, 4.69) is 4.99 Å². The van der Waals surface area contributed by atoms with Gasteiger partial charge < -0.3 is 15.4 Å². The summed E-state index contributed by atoms with van der Waals surface area (Å²) in [6, 6.07) is 9.23. The van der Waals surface area contributed by atoms with E-state index in [0.717, 1.165) is 22.4 Å². The number of fused-ring (bicyclic) bond motifs is 1. The molecule has 0 saturated carbocycles. The van der Waals surface area contributed by atoms with Gasteiger partial charge in [-0.15, -0.1) is 0 Å². The number of anilines is 2. The van der Waals surface area contributed by atoms with Crippen molar-refractivity contribution in [2.24, 2.45) is 4.99 Å². The summed E-state index contributed by atoms with van der Waals surface area (Å²) in [5, 5.41) is 0.512. The lowest BCUT2D eigenvalue weighted by Gasteiger charge is -2.23. The Morgan fingerprint density at radius 3 is 2.88 bits per heavy atom. The maximum absolute atomic E-state index is 12.7. The van der Waals surface area contributed by atoms with Gasteiger partial charge in [-0.05, 0) is 49.2 Å². The third-order valence-corrected chi connectivity index (χ3v) is 4.32. The fourth-order valence-corrected chi connectivity index (χ4v) is 3.30. The van der Waals surface area contributed by atoms with Crippen LogP contribution in [0.5, 0.6) is 5.75 Å². The lowest BCUT2D eigenvalue weighted by Crippen LogP contribution is -2.37. The van der Waals surface area contributed by atoms with Crippen molar-refractivity contribution in [2.45, 2.75) is 13.8 Å². The monoisotopic (exact) mass is 357 g/mol. The molecule has 0 radical (unpaired) electrons. The second-order valence-corrected chi connectivity index (χ2v) is 6.49. The number of ether oxygens (including phenoxy) is 1. The average Bonchev–Trinajstić information content (AvgIpc) is 2.75. The zero-order valence-corrected chi connectivity index (χ0v) is 15.0. The van der Waals surface area contributed by atoms with Crippen molar-refractivity contribution in [3.63, 3.8) is 0 Å². The zero-order chi connectivity index (χ0) is 18.0. The van der Waals surface area contributed by atoms with E-state index in [-0.39, 0.29) is 12.5 Å². The van der Waals surface area contributed by atoms with Crippen LogP contribution in [0.15, 0.2) is 35.3 Å². The van der Waals surface area contributed by atoms with Crippen LogP contribution < -0.4 is 15.4 Å².